The average Bonchev–Trinajstić information content (AvgIpc) is 2.29. The van der Waals surface area contributed by atoms with Crippen LogP contribution in [0.5, 0.6) is 0 Å². The molecule has 1 rings (SSSR count). The van der Waals surface area contributed by atoms with Gasteiger partial charge in [0.1, 0.15) is 5.82 Å². The van der Waals surface area contributed by atoms with E-state index in [-0.39, 0.29) is 5.91 Å². The largest absolute Gasteiger partial charge is 0.369 e. The topological polar surface area (TPSA) is 78.9 Å². The molecule has 0 saturated carbocycles. The van der Waals surface area contributed by atoms with Crippen LogP contribution in [0, 0.1) is 6.92 Å². The van der Waals surface area contributed by atoms with Crippen LogP contribution in [0.4, 0.5) is 11.8 Å². The van der Waals surface area contributed by atoms with Gasteiger partial charge in [-0.3, -0.25) is 4.79 Å². The molecular weight excluding hydrogens is 230 g/mol. The summed E-state index contributed by atoms with van der Waals surface area (Å²) in [5.74, 6) is 1.39. The molecule has 6 nitrogen and oxygen atoms in total. The van der Waals surface area contributed by atoms with Crippen molar-refractivity contribution < 1.29 is 4.79 Å². The number of hydrogen-bond donors (Lipinski definition) is 3. The van der Waals surface area contributed by atoms with Crippen LogP contribution in [0.1, 0.15) is 26.0 Å². The minimum Gasteiger partial charge on any atom is -0.369 e. The molecule has 0 aliphatic heterocycles. The van der Waals surface area contributed by atoms with E-state index in [4.69, 9.17) is 0 Å². The molecule has 0 atom stereocenters. The number of carbonyl (C=O) groups excluding carboxylic acids is 1. The number of aryl methyl sites for hydroxylation is 1. The number of rotatable bonds is 7. The third-order valence-electron chi connectivity index (χ3n) is 2.22. The molecule has 0 fully saturated rings. The van der Waals surface area contributed by atoms with E-state index >= 15 is 0 Å². The first-order valence-corrected chi connectivity index (χ1v) is 6.25. The molecule has 0 bridgehead atoms. The lowest BCUT2D eigenvalue weighted by Crippen LogP contribution is -2.24. The molecule has 0 saturated heterocycles. The van der Waals surface area contributed by atoms with E-state index in [9.17, 15) is 4.79 Å². The van der Waals surface area contributed by atoms with E-state index in [2.05, 4.69) is 25.9 Å². The predicted octanol–water partition coefficient (Wildman–Crippen LogP) is 1.15. The highest BCUT2D eigenvalue weighted by Gasteiger charge is 2.02. The molecule has 100 valence electrons. The SMILES string of the molecule is CCNC(=O)CCNc1cc(C)nc(NCC)n1. The van der Waals surface area contributed by atoms with Crippen molar-refractivity contribution in [1.82, 2.24) is 15.3 Å². The van der Waals surface area contributed by atoms with E-state index in [1.54, 1.807) is 0 Å². The molecule has 1 heterocycles. The van der Waals surface area contributed by atoms with Gasteiger partial charge in [0.15, 0.2) is 0 Å². The van der Waals surface area contributed by atoms with Crippen molar-refractivity contribution in [2.45, 2.75) is 27.2 Å². The number of nitrogens with zero attached hydrogens (tertiary/aromatic N) is 2. The predicted molar refractivity (Wildman–Crippen MR) is 72.7 cm³/mol. The maximum absolute atomic E-state index is 11.3. The lowest BCUT2D eigenvalue weighted by molar-refractivity contribution is -0.120. The van der Waals surface area contributed by atoms with Gasteiger partial charge >= 0.3 is 0 Å². The van der Waals surface area contributed by atoms with E-state index in [0.29, 0.717) is 25.5 Å². The molecule has 6 heteroatoms. The highest BCUT2D eigenvalue weighted by atomic mass is 16.1. The van der Waals surface area contributed by atoms with Crippen molar-refractivity contribution >= 4 is 17.7 Å². The van der Waals surface area contributed by atoms with Crippen LogP contribution < -0.4 is 16.0 Å². The normalized spacial score (nSPS) is 9.94. The summed E-state index contributed by atoms with van der Waals surface area (Å²) in [5.41, 5.74) is 0.890. The molecule has 0 aliphatic rings. The van der Waals surface area contributed by atoms with E-state index in [1.807, 2.05) is 26.8 Å². The Morgan fingerprint density at radius 2 is 2.00 bits per heavy atom. The van der Waals surface area contributed by atoms with Crippen LogP contribution in [0.25, 0.3) is 0 Å². The summed E-state index contributed by atoms with van der Waals surface area (Å²) in [6, 6.07) is 1.86. The highest BCUT2D eigenvalue weighted by Crippen LogP contribution is 2.09. The van der Waals surface area contributed by atoms with Gasteiger partial charge in [-0.1, -0.05) is 0 Å². The first-order chi connectivity index (χ1) is 8.65. The fourth-order valence-corrected chi connectivity index (χ4v) is 1.49. The summed E-state index contributed by atoms with van der Waals surface area (Å²) in [7, 11) is 0. The standard InChI is InChI=1S/C12H21N5O/c1-4-13-11(18)6-7-15-10-8-9(3)16-12(17-10)14-5-2/h8H,4-7H2,1-3H3,(H,13,18)(H2,14,15,16,17). The fourth-order valence-electron chi connectivity index (χ4n) is 1.49. The number of aromatic nitrogens is 2. The number of hydrogen-bond acceptors (Lipinski definition) is 5. The first-order valence-electron chi connectivity index (χ1n) is 6.25. The summed E-state index contributed by atoms with van der Waals surface area (Å²) < 4.78 is 0. The number of anilines is 2. The summed E-state index contributed by atoms with van der Waals surface area (Å²) in [4.78, 5) is 19.8. The lowest BCUT2D eigenvalue weighted by Gasteiger charge is -2.08. The summed E-state index contributed by atoms with van der Waals surface area (Å²) in [6.07, 6.45) is 0.438. The fraction of sp³-hybridized carbons (Fsp3) is 0.583. The van der Waals surface area contributed by atoms with Crippen LogP contribution >= 0.6 is 0 Å². The molecule has 0 spiro atoms. The minimum atomic E-state index is 0.0442. The van der Waals surface area contributed by atoms with Crippen LogP contribution in [0.3, 0.4) is 0 Å². The number of amides is 1. The molecule has 0 aliphatic carbocycles. The Bertz CT molecular complexity index is 394. The maximum Gasteiger partial charge on any atom is 0.224 e. The Morgan fingerprint density at radius 1 is 1.22 bits per heavy atom. The van der Waals surface area contributed by atoms with Gasteiger partial charge in [-0.2, -0.15) is 4.98 Å². The van der Waals surface area contributed by atoms with Gasteiger partial charge in [-0.05, 0) is 20.8 Å². The lowest BCUT2D eigenvalue weighted by atomic mass is 10.3. The van der Waals surface area contributed by atoms with Crippen LogP contribution in [0.2, 0.25) is 0 Å². The Kier molecular flexibility index (Phi) is 5.90. The minimum absolute atomic E-state index is 0.0442. The Labute approximate surface area is 108 Å². The molecule has 0 unspecified atom stereocenters. The molecule has 18 heavy (non-hydrogen) atoms. The Hall–Kier alpha value is -1.85. The third-order valence-corrected chi connectivity index (χ3v) is 2.22. The molecule has 1 aromatic heterocycles. The maximum atomic E-state index is 11.3. The summed E-state index contributed by atoms with van der Waals surface area (Å²) >= 11 is 0. The molecule has 3 N–H and O–H groups in total. The van der Waals surface area contributed by atoms with E-state index < -0.39 is 0 Å². The van der Waals surface area contributed by atoms with E-state index in [1.165, 1.54) is 0 Å². The smallest absolute Gasteiger partial charge is 0.224 e. The van der Waals surface area contributed by atoms with Crippen molar-refractivity contribution in [1.29, 1.82) is 0 Å². The Morgan fingerprint density at radius 3 is 2.67 bits per heavy atom. The van der Waals surface area contributed by atoms with Crippen LogP contribution in [-0.4, -0.2) is 35.5 Å². The number of nitrogens with one attached hydrogen (secondary N) is 3. The van der Waals surface area contributed by atoms with Crippen molar-refractivity contribution in [3.8, 4) is 0 Å². The third kappa shape index (κ3) is 4.99. The zero-order chi connectivity index (χ0) is 13.4. The van der Waals surface area contributed by atoms with Crippen LogP contribution in [0.15, 0.2) is 6.07 Å². The molecule has 1 aromatic rings. The van der Waals surface area contributed by atoms with Crippen LogP contribution in [-0.2, 0) is 4.79 Å². The number of carbonyl (C=O) groups is 1. The van der Waals surface area contributed by atoms with Gasteiger partial charge in [0.25, 0.3) is 0 Å². The van der Waals surface area contributed by atoms with Crippen molar-refractivity contribution in [2.75, 3.05) is 30.3 Å². The van der Waals surface area contributed by atoms with Crippen molar-refractivity contribution in [2.24, 2.45) is 0 Å². The first kappa shape index (κ1) is 14.2. The molecule has 1 amide bonds. The highest BCUT2D eigenvalue weighted by molar-refractivity contribution is 5.76. The summed E-state index contributed by atoms with van der Waals surface area (Å²) in [6.45, 7) is 7.82. The van der Waals surface area contributed by atoms with Crippen molar-refractivity contribution in [3.05, 3.63) is 11.8 Å². The summed E-state index contributed by atoms with van der Waals surface area (Å²) in [5, 5.41) is 8.94. The van der Waals surface area contributed by atoms with Gasteiger partial charge in [-0.15, -0.1) is 0 Å². The van der Waals surface area contributed by atoms with Gasteiger partial charge in [0, 0.05) is 37.8 Å². The zero-order valence-electron chi connectivity index (χ0n) is 11.2. The molecular formula is C12H21N5O. The molecule has 0 aromatic carbocycles. The van der Waals surface area contributed by atoms with Gasteiger partial charge < -0.3 is 16.0 Å². The quantitative estimate of drug-likeness (QED) is 0.677. The second kappa shape index (κ2) is 7.47. The monoisotopic (exact) mass is 251 g/mol. The van der Waals surface area contributed by atoms with Gasteiger partial charge in [0.05, 0.1) is 0 Å². The van der Waals surface area contributed by atoms with E-state index in [0.717, 1.165) is 18.1 Å². The molecule has 0 radical (unpaired) electrons. The second-order valence-corrected chi connectivity index (χ2v) is 3.88. The Balaban J connectivity index is 2.48. The zero-order valence-corrected chi connectivity index (χ0v) is 11.2. The van der Waals surface area contributed by atoms with Gasteiger partial charge in [-0.25, -0.2) is 4.98 Å². The van der Waals surface area contributed by atoms with Gasteiger partial charge in [0.2, 0.25) is 11.9 Å². The average molecular weight is 251 g/mol. The van der Waals surface area contributed by atoms with Crippen molar-refractivity contribution in [3.63, 3.8) is 0 Å². The second-order valence-electron chi connectivity index (χ2n) is 3.88.